The van der Waals surface area contributed by atoms with Gasteiger partial charge in [0, 0.05) is 27.1 Å². The molecule has 1 heterocycles. The number of carbonyl (C=O) groups is 2. The van der Waals surface area contributed by atoms with Gasteiger partial charge in [0.1, 0.15) is 11.1 Å². The molecule has 4 rings (SSSR count). The Labute approximate surface area is 212 Å². The molecule has 4 aromatic rings. The van der Waals surface area contributed by atoms with Crippen molar-refractivity contribution >= 4 is 45.6 Å². The van der Waals surface area contributed by atoms with E-state index in [-0.39, 0.29) is 17.6 Å². The van der Waals surface area contributed by atoms with Gasteiger partial charge in [0.25, 0.3) is 5.91 Å². The fourth-order valence-electron chi connectivity index (χ4n) is 3.39. The molecule has 5 nitrogen and oxygen atoms in total. The Morgan fingerprint density at radius 3 is 2.31 bits per heavy atom. The van der Waals surface area contributed by atoms with Gasteiger partial charge in [-0.05, 0) is 49.7 Å². The maximum atomic E-state index is 12.6. The quantitative estimate of drug-likeness (QED) is 0.273. The van der Waals surface area contributed by atoms with Gasteiger partial charge in [-0.15, -0.1) is 23.1 Å². The zero-order valence-corrected chi connectivity index (χ0v) is 20.9. The van der Waals surface area contributed by atoms with E-state index in [0.717, 1.165) is 27.1 Å². The monoisotopic (exact) mass is 497 g/mol. The number of thiophene rings is 1. The predicted molar refractivity (Wildman–Crippen MR) is 144 cm³/mol. The highest BCUT2D eigenvalue weighted by molar-refractivity contribution is 8.00. The molecule has 0 unspecified atom stereocenters. The summed E-state index contributed by atoms with van der Waals surface area (Å²) < 4.78 is 0. The van der Waals surface area contributed by atoms with Gasteiger partial charge in [0.15, 0.2) is 0 Å². The minimum absolute atomic E-state index is 0.179. The number of thioether (sulfide) groups is 1. The van der Waals surface area contributed by atoms with Crippen LogP contribution in [-0.4, -0.2) is 17.6 Å². The highest BCUT2D eigenvalue weighted by atomic mass is 32.2. The molecule has 0 saturated heterocycles. The van der Waals surface area contributed by atoms with E-state index in [4.69, 9.17) is 0 Å². The van der Waals surface area contributed by atoms with Crippen molar-refractivity contribution in [3.63, 3.8) is 0 Å². The van der Waals surface area contributed by atoms with Crippen LogP contribution in [0.5, 0.6) is 0 Å². The van der Waals surface area contributed by atoms with Crippen LogP contribution in [0.1, 0.15) is 27.0 Å². The maximum absolute atomic E-state index is 12.6. The van der Waals surface area contributed by atoms with Gasteiger partial charge < -0.3 is 10.6 Å². The minimum atomic E-state index is -0.196. The second kappa shape index (κ2) is 11.0. The average Bonchev–Trinajstić information content (AvgIpc) is 3.26. The number of anilines is 2. The fourth-order valence-corrected chi connectivity index (χ4v) is 5.08. The van der Waals surface area contributed by atoms with Crippen LogP contribution in [-0.2, 0) is 4.79 Å². The van der Waals surface area contributed by atoms with E-state index >= 15 is 0 Å². The summed E-state index contributed by atoms with van der Waals surface area (Å²) in [7, 11) is 0. The van der Waals surface area contributed by atoms with Crippen molar-refractivity contribution in [2.75, 3.05) is 16.4 Å². The number of benzene rings is 3. The van der Waals surface area contributed by atoms with Crippen LogP contribution < -0.4 is 10.6 Å². The van der Waals surface area contributed by atoms with Crippen molar-refractivity contribution in [1.29, 1.82) is 5.26 Å². The first kappa shape index (κ1) is 24.3. The lowest BCUT2D eigenvalue weighted by Gasteiger charge is -2.08. The Morgan fingerprint density at radius 1 is 0.943 bits per heavy atom. The highest BCUT2D eigenvalue weighted by Gasteiger charge is 2.15. The van der Waals surface area contributed by atoms with Crippen molar-refractivity contribution < 1.29 is 9.59 Å². The van der Waals surface area contributed by atoms with E-state index in [1.54, 1.807) is 12.1 Å². The molecule has 0 fully saturated rings. The first-order chi connectivity index (χ1) is 16.9. The summed E-state index contributed by atoms with van der Waals surface area (Å²) in [4.78, 5) is 26.0. The molecule has 0 spiro atoms. The third-order valence-corrected chi connectivity index (χ3v) is 7.18. The molecular weight excluding hydrogens is 474 g/mol. The first-order valence-corrected chi connectivity index (χ1v) is 12.8. The standard InChI is InChI=1S/C28H23N3O2S2/c1-18-6-10-20(11-7-18)25-16-35-28(24(25)15-29)31-26(32)17-34-23-5-3-4-22(14-23)30-27(33)21-12-8-19(2)9-13-21/h3-14,16H,17H2,1-2H3,(H,30,33)(H,31,32). The summed E-state index contributed by atoms with van der Waals surface area (Å²) in [5.74, 6) is -0.202. The third kappa shape index (κ3) is 6.18. The molecule has 0 saturated carbocycles. The van der Waals surface area contributed by atoms with E-state index in [1.165, 1.54) is 23.1 Å². The molecule has 0 atom stereocenters. The van der Waals surface area contributed by atoms with E-state index in [2.05, 4.69) is 16.7 Å². The Kier molecular flexibility index (Phi) is 7.66. The minimum Gasteiger partial charge on any atom is -0.322 e. The number of nitrogens with zero attached hydrogens (tertiary/aromatic N) is 1. The molecule has 0 aliphatic heterocycles. The summed E-state index contributed by atoms with van der Waals surface area (Å²) in [5, 5.41) is 17.9. The SMILES string of the molecule is Cc1ccc(C(=O)Nc2cccc(SCC(=O)Nc3scc(-c4ccc(C)cc4)c3C#N)c2)cc1. The average molecular weight is 498 g/mol. The van der Waals surface area contributed by atoms with Crippen molar-refractivity contribution in [3.05, 3.63) is 100 Å². The molecule has 1 aromatic heterocycles. The van der Waals surface area contributed by atoms with Crippen LogP contribution in [0.3, 0.4) is 0 Å². The molecule has 3 aromatic carbocycles. The van der Waals surface area contributed by atoms with Gasteiger partial charge in [-0.2, -0.15) is 5.26 Å². The highest BCUT2D eigenvalue weighted by Crippen LogP contribution is 2.35. The van der Waals surface area contributed by atoms with Gasteiger partial charge in [-0.1, -0.05) is 53.6 Å². The zero-order chi connectivity index (χ0) is 24.8. The number of hydrogen-bond donors (Lipinski definition) is 2. The van der Waals surface area contributed by atoms with Crippen molar-refractivity contribution in [3.8, 4) is 17.2 Å². The summed E-state index contributed by atoms with van der Waals surface area (Å²) in [6, 6.07) is 24.9. The van der Waals surface area contributed by atoms with Crippen LogP contribution in [0.2, 0.25) is 0 Å². The molecule has 0 radical (unpaired) electrons. The molecule has 2 amide bonds. The molecule has 2 N–H and O–H groups in total. The number of nitriles is 1. The van der Waals surface area contributed by atoms with E-state index < -0.39 is 0 Å². The molecule has 0 aliphatic carbocycles. The topological polar surface area (TPSA) is 82.0 Å². The smallest absolute Gasteiger partial charge is 0.255 e. The first-order valence-electron chi connectivity index (χ1n) is 10.9. The van der Waals surface area contributed by atoms with Crippen LogP contribution in [0.15, 0.2) is 83.1 Å². The van der Waals surface area contributed by atoms with Crippen molar-refractivity contribution in [1.82, 2.24) is 0 Å². The molecular formula is C28H23N3O2S2. The lowest BCUT2D eigenvalue weighted by molar-refractivity contribution is -0.113. The largest absolute Gasteiger partial charge is 0.322 e. The summed E-state index contributed by atoms with van der Waals surface area (Å²) >= 11 is 2.71. The van der Waals surface area contributed by atoms with Crippen molar-refractivity contribution in [2.45, 2.75) is 18.7 Å². The number of amides is 2. The second-order valence-electron chi connectivity index (χ2n) is 8.02. The van der Waals surface area contributed by atoms with E-state index in [9.17, 15) is 14.9 Å². The third-order valence-electron chi connectivity index (χ3n) is 5.29. The van der Waals surface area contributed by atoms with Gasteiger partial charge in [-0.3, -0.25) is 9.59 Å². The molecule has 0 aliphatic rings. The van der Waals surface area contributed by atoms with Gasteiger partial charge >= 0.3 is 0 Å². The van der Waals surface area contributed by atoms with Gasteiger partial charge in [-0.25, -0.2) is 0 Å². The van der Waals surface area contributed by atoms with Gasteiger partial charge in [0.2, 0.25) is 5.91 Å². The normalized spacial score (nSPS) is 10.4. The Balaban J connectivity index is 1.37. The number of hydrogen-bond acceptors (Lipinski definition) is 5. The van der Waals surface area contributed by atoms with Crippen LogP contribution in [0.25, 0.3) is 11.1 Å². The van der Waals surface area contributed by atoms with Crippen molar-refractivity contribution in [2.24, 2.45) is 0 Å². The summed E-state index contributed by atoms with van der Waals surface area (Å²) in [6.45, 7) is 3.99. The lowest BCUT2D eigenvalue weighted by atomic mass is 10.0. The van der Waals surface area contributed by atoms with E-state index in [0.29, 0.717) is 21.8 Å². The van der Waals surface area contributed by atoms with Crippen LogP contribution >= 0.6 is 23.1 Å². The fraction of sp³-hybridized carbons (Fsp3) is 0.107. The Bertz CT molecular complexity index is 1400. The number of aryl methyl sites for hydroxylation is 2. The summed E-state index contributed by atoms with van der Waals surface area (Å²) in [6.07, 6.45) is 0. The molecule has 0 bridgehead atoms. The number of carbonyl (C=O) groups excluding carboxylic acids is 2. The Morgan fingerprint density at radius 2 is 1.63 bits per heavy atom. The van der Waals surface area contributed by atoms with E-state index in [1.807, 2.05) is 79.9 Å². The molecule has 174 valence electrons. The van der Waals surface area contributed by atoms with Crippen LogP contribution in [0.4, 0.5) is 10.7 Å². The lowest BCUT2D eigenvalue weighted by Crippen LogP contribution is -2.14. The number of nitrogens with one attached hydrogen (secondary N) is 2. The maximum Gasteiger partial charge on any atom is 0.255 e. The van der Waals surface area contributed by atoms with Gasteiger partial charge in [0.05, 0.1) is 11.3 Å². The number of rotatable bonds is 7. The predicted octanol–water partition coefficient (Wildman–Crippen LogP) is 6.89. The van der Waals surface area contributed by atoms with Crippen LogP contribution in [0, 0.1) is 25.2 Å². The molecule has 7 heteroatoms. The Hall–Kier alpha value is -3.86. The second-order valence-corrected chi connectivity index (χ2v) is 9.94. The zero-order valence-electron chi connectivity index (χ0n) is 19.3. The molecule has 35 heavy (non-hydrogen) atoms. The summed E-state index contributed by atoms with van der Waals surface area (Å²) in [5.41, 5.74) is 5.72.